The van der Waals surface area contributed by atoms with Crippen molar-refractivity contribution in [3.8, 4) is 0 Å². The molecule has 1 aliphatic heterocycles. The minimum absolute atomic E-state index is 0.0491. The zero-order valence-corrected chi connectivity index (χ0v) is 15.3. The Kier molecular flexibility index (Phi) is 3.53. The third kappa shape index (κ3) is 2.60. The maximum atomic E-state index is 13.2. The Morgan fingerprint density at radius 3 is 2.70 bits per heavy atom. The summed E-state index contributed by atoms with van der Waals surface area (Å²) in [4.78, 5) is 17.7. The SMILES string of the molecule is Cc1ccc(C2C3=C(CC(c4ccco4)CC3=O)Nc3nc(C)nn32)cc1. The molecule has 2 atom stereocenters. The fourth-order valence-electron chi connectivity index (χ4n) is 4.10. The van der Waals surface area contributed by atoms with E-state index in [9.17, 15) is 4.79 Å². The van der Waals surface area contributed by atoms with Crippen molar-refractivity contribution < 1.29 is 9.21 Å². The number of hydrogen-bond donors (Lipinski definition) is 1. The molecule has 27 heavy (non-hydrogen) atoms. The van der Waals surface area contributed by atoms with Crippen LogP contribution in [0.1, 0.15) is 47.5 Å². The van der Waals surface area contributed by atoms with E-state index >= 15 is 0 Å². The number of Topliss-reactive ketones (excluding diaryl/α,β-unsaturated/α-hetero) is 1. The van der Waals surface area contributed by atoms with Crippen LogP contribution < -0.4 is 5.32 Å². The molecule has 0 saturated carbocycles. The van der Waals surface area contributed by atoms with Gasteiger partial charge in [0.2, 0.25) is 5.95 Å². The summed E-state index contributed by atoms with van der Waals surface area (Å²) in [6, 6.07) is 11.8. The lowest BCUT2D eigenvalue weighted by molar-refractivity contribution is -0.117. The van der Waals surface area contributed by atoms with Gasteiger partial charge in [-0.15, -0.1) is 0 Å². The molecule has 1 aromatic carbocycles. The number of benzene rings is 1. The second kappa shape index (κ2) is 5.94. The van der Waals surface area contributed by atoms with Crippen molar-refractivity contribution in [3.05, 3.63) is 76.6 Å². The van der Waals surface area contributed by atoms with E-state index in [0.717, 1.165) is 29.0 Å². The summed E-state index contributed by atoms with van der Waals surface area (Å²) in [5.74, 6) is 2.41. The predicted octanol–water partition coefficient (Wildman–Crippen LogP) is 3.90. The van der Waals surface area contributed by atoms with E-state index in [0.29, 0.717) is 18.2 Å². The van der Waals surface area contributed by atoms with E-state index < -0.39 is 0 Å². The summed E-state index contributed by atoms with van der Waals surface area (Å²) in [7, 11) is 0. The normalized spacial score (nSPS) is 21.6. The van der Waals surface area contributed by atoms with Crippen LogP contribution in [0.15, 0.2) is 58.3 Å². The van der Waals surface area contributed by atoms with Crippen molar-refractivity contribution in [1.82, 2.24) is 14.8 Å². The van der Waals surface area contributed by atoms with Gasteiger partial charge in [0.25, 0.3) is 0 Å². The lowest BCUT2D eigenvalue weighted by atomic mass is 9.79. The molecule has 3 heterocycles. The first-order valence-corrected chi connectivity index (χ1v) is 9.16. The number of aryl methyl sites for hydroxylation is 2. The number of rotatable bonds is 2. The number of nitrogens with zero attached hydrogens (tertiary/aromatic N) is 3. The Morgan fingerprint density at radius 1 is 1.15 bits per heavy atom. The first-order chi connectivity index (χ1) is 13.1. The maximum absolute atomic E-state index is 13.2. The molecule has 6 nitrogen and oxygen atoms in total. The fraction of sp³-hybridized carbons (Fsp3) is 0.286. The fourth-order valence-corrected chi connectivity index (χ4v) is 4.10. The standard InChI is InChI=1S/C21H20N4O2/c1-12-5-7-14(8-6-12)20-19-16(23-21-22-13(2)24-25(20)21)10-15(11-17(19)26)18-4-3-9-27-18/h3-9,15,20H,10-11H2,1-2H3,(H,22,23,24). The van der Waals surface area contributed by atoms with Crippen molar-refractivity contribution in [3.63, 3.8) is 0 Å². The van der Waals surface area contributed by atoms with E-state index in [-0.39, 0.29) is 17.7 Å². The monoisotopic (exact) mass is 360 g/mol. The van der Waals surface area contributed by atoms with Gasteiger partial charge in [-0.05, 0) is 38.0 Å². The van der Waals surface area contributed by atoms with Crippen LogP contribution in [-0.4, -0.2) is 20.5 Å². The van der Waals surface area contributed by atoms with Crippen LogP contribution in [0.5, 0.6) is 0 Å². The minimum Gasteiger partial charge on any atom is -0.469 e. The van der Waals surface area contributed by atoms with E-state index in [2.05, 4.69) is 46.6 Å². The number of furan rings is 1. The molecule has 2 aliphatic rings. The molecule has 1 aliphatic carbocycles. The van der Waals surface area contributed by atoms with Gasteiger partial charge in [0.05, 0.1) is 6.26 Å². The predicted molar refractivity (Wildman–Crippen MR) is 100 cm³/mol. The van der Waals surface area contributed by atoms with Crippen LogP contribution in [0.3, 0.4) is 0 Å². The van der Waals surface area contributed by atoms with Crippen LogP contribution in [0.2, 0.25) is 0 Å². The molecule has 2 aromatic heterocycles. The molecule has 0 spiro atoms. The molecule has 0 radical (unpaired) electrons. The van der Waals surface area contributed by atoms with Crippen molar-refractivity contribution in [2.75, 3.05) is 5.32 Å². The number of anilines is 1. The van der Waals surface area contributed by atoms with Crippen LogP contribution in [0, 0.1) is 13.8 Å². The molecule has 0 saturated heterocycles. The molecule has 3 aromatic rings. The van der Waals surface area contributed by atoms with Crippen molar-refractivity contribution in [2.45, 2.75) is 38.6 Å². The zero-order valence-electron chi connectivity index (χ0n) is 15.3. The highest BCUT2D eigenvalue weighted by Gasteiger charge is 2.40. The van der Waals surface area contributed by atoms with Crippen molar-refractivity contribution in [1.29, 1.82) is 0 Å². The van der Waals surface area contributed by atoms with Gasteiger partial charge in [-0.1, -0.05) is 29.8 Å². The van der Waals surface area contributed by atoms with E-state index in [1.165, 1.54) is 5.56 Å². The summed E-state index contributed by atoms with van der Waals surface area (Å²) in [5.41, 5.74) is 3.95. The molecule has 0 fully saturated rings. The van der Waals surface area contributed by atoms with Crippen LogP contribution in [0.4, 0.5) is 5.95 Å². The summed E-state index contributed by atoms with van der Waals surface area (Å²) in [6.45, 7) is 3.92. The van der Waals surface area contributed by atoms with E-state index in [1.807, 2.05) is 23.7 Å². The molecule has 136 valence electrons. The summed E-state index contributed by atoms with van der Waals surface area (Å²) in [5, 5.41) is 7.92. The molecule has 5 rings (SSSR count). The average molecular weight is 360 g/mol. The Bertz CT molecular complexity index is 1040. The second-order valence-corrected chi connectivity index (χ2v) is 7.30. The number of hydrogen-bond acceptors (Lipinski definition) is 5. The Morgan fingerprint density at radius 2 is 1.96 bits per heavy atom. The quantitative estimate of drug-likeness (QED) is 0.750. The lowest BCUT2D eigenvalue weighted by Crippen LogP contribution is -2.33. The number of aromatic nitrogens is 3. The Hall–Kier alpha value is -3.15. The topological polar surface area (TPSA) is 73.0 Å². The van der Waals surface area contributed by atoms with Gasteiger partial charge in [0, 0.05) is 23.6 Å². The summed E-state index contributed by atoms with van der Waals surface area (Å²) in [6.07, 6.45) is 2.83. The largest absolute Gasteiger partial charge is 0.469 e. The molecule has 2 unspecified atom stereocenters. The molecule has 6 heteroatoms. The summed E-state index contributed by atoms with van der Waals surface area (Å²) < 4.78 is 7.40. The smallest absolute Gasteiger partial charge is 0.226 e. The number of nitrogens with one attached hydrogen (secondary N) is 1. The van der Waals surface area contributed by atoms with Crippen LogP contribution >= 0.6 is 0 Å². The number of allylic oxidation sites excluding steroid dienone is 2. The van der Waals surface area contributed by atoms with Gasteiger partial charge in [-0.2, -0.15) is 10.1 Å². The first-order valence-electron chi connectivity index (χ1n) is 9.16. The maximum Gasteiger partial charge on any atom is 0.226 e. The third-order valence-corrected chi connectivity index (χ3v) is 5.36. The van der Waals surface area contributed by atoms with Crippen molar-refractivity contribution >= 4 is 11.7 Å². The number of carbonyl (C=O) groups excluding carboxylic acids is 1. The van der Waals surface area contributed by atoms with Crippen molar-refractivity contribution in [2.24, 2.45) is 0 Å². The third-order valence-electron chi connectivity index (χ3n) is 5.36. The Balaban J connectivity index is 1.63. The second-order valence-electron chi connectivity index (χ2n) is 7.30. The van der Waals surface area contributed by atoms with Gasteiger partial charge in [-0.3, -0.25) is 4.79 Å². The van der Waals surface area contributed by atoms with Gasteiger partial charge in [-0.25, -0.2) is 4.68 Å². The zero-order chi connectivity index (χ0) is 18.5. The number of carbonyl (C=O) groups is 1. The van der Waals surface area contributed by atoms with Crippen LogP contribution in [0.25, 0.3) is 0 Å². The van der Waals surface area contributed by atoms with Gasteiger partial charge >= 0.3 is 0 Å². The van der Waals surface area contributed by atoms with Gasteiger partial charge < -0.3 is 9.73 Å². The van der Waals surface area contributed by atoms with E-state index in [1.54, 1.807) is 6.26 Å². The highest BCUT2D eigenvalue weighted by molar-refractivity contribution is 6.00. The minimum atomic E-state index is -0.247. The molecule has 0 amide bonds. The average Bonchev–Trinajstić information content (AvgIpc) is 3.29. The molecule has 1 N–H and O–H groups in total. The first kappa shape index (κ1) is 16.1. The molecular weight excluding hydrogens is 340 g/mol. The van der Waals surface area contributed by atoms with Gasteiger partial charge in [0.1, 0.15) is 17.6 Å². The molecule has 0 bridgehead atoms. The summed E-state index contributed by atoms with van der Waals surface area (Å²) >= 11 is 0. The molecular formula is C21H20N4O2. The van der Waals surface area contributed by atoms with E-state index in [4.69, 9.17) is 4.42 Å². The lowest BCUT2D eigenvalue weighted by Gasteiger charge is -2.34. The van der Waals surface area contributed by atoms with Crippen LogP contribution in [-0.2, 0) is 4.79 Å². The number of fused-ring (bicyclic) bond motifs is 1. The Labute approximate surface area is 156 Å². The highest BCUT2D eigenvalue weighted by Crippen LogP contribution is 2.44. The highest BCUT2D eigenvalue weighted by atomic mass is 16.3. The van der Waals surface area contributed by atoms with Gasteiger partial charge in [0.15, 0.2) is 5.78 Å². The number of ketones is 1.